The summed E-state index contributed by atoms with van der Waals surface area (Å²) in [6.45, 7) is 4.09. The fourth-order valence-corrected chi connectivity index (χ4v) is 2.55. The molecule has 0 amide bonds. The highest BCUT2D eigenvalue weighted by atomic mass is 32.2. The van der Waals surface area contributed by atoms with Gasteiger partial charge in [0.15, 0.2) is 0 Å². The number of benzene rings is 1. The minimum absolute atomic E-state index is 0.511. The molecule has 1 aromatic carbocycles. The summed E-state index contributed by atoms with van der Waals surface area (Å²) in [4.78, 5) is 5.35. The molecule has 0 saturated carbocycles. The standard InChI is InChI=1S/C14H13N3S/c1-9-3-4-10(2)13(5-9)18-14-11(7-15)6-12(16)8-17-14/h3-6,8H,16H2,1-2H3. The Bertz CT molecular complexity index is 629. The monoisotopic (exact) mass is 255 g/mol. The van der Waals surface area contributed by atoms with Crippen LogP contribution in [0, 0.1) is 25.2 Å². The Morgan fingerprint density at radius 3 is 2.78 bits per heavy atom. The van der Waals surface area contributed by atoms with E-state index in [2.05, 4.69) is 29.3 Å². The van der Waals surface area contributed by atoms with Crippen molar-refractivity contribution in [1.82, 2.24) is 4.98 Å². The highest BCUT2D eigenvalue weighted by Crippen LogP contribution is 2.32. The van der Waals surface area contributed by atoms with E-state index in [0.29, 0.717) is 16.3 Å². The summed E-state index contributed by atoms with van der Waals surface area (Å²) in [7, 11) is 0. The van der Waals surface area contributed by atoms with E-state index >= 15 is 0 Å². The van der Waals surface area contributed by atoms with E-state index in [9.17, 15) is 0 Å². The normalized spacial score (nSPS) is 10.1. The van der Waals surface area contributed by atoms with Crippen molar-refractivity contribution in [3.05, 3.63) is 47.2 Å². The third-order valence-electron chi connectivity index (χ3n) is 2.54. The third-order valence-corrected chi connectivity index (χ3v) is 3.72. The molecule has 0 unspecified atom stereocenters. The fourth-order valence-electron chi connectivity index (χ4n) is 1.55. The van der Waals surface area contributed by atoms with Gasteiger partial charge in [0.05, 0.1) is 17.4 Å². The Morgan fingerprint density at radius 2 is 2.06 bits per heavy atom. The van der Waals surface area contributed by atoms with Crippen LogP contribution in [-0.2, 0) is 0 Å². The van der Waals surface area contributed by atoms with E-state index in [1.54, 1.807) is 12.3 Å². The van der Waals surface area contributed by atoms with E-state index in [1.807, 2.05) is 13.8 Å². The molecule has 0 aliphatic rings. The Labute approximate surface area is 111 Å². The van der Waals surface area contributed by atoms with E-state index in [1.165, 1.54) is 22.9 Å². The van der Waals surface area contributed by atoms with E-state index in [-0.39, 0.29) is 0 Å². The molecule has 2 aromatic rings. The van der Waals surface area contributed by atoms with Crippen molar-refractivity contribution in [2.45, 2.75) is 23.8 Å². The molecule has 0 aliphatic heterocycles. The van der Waals surface area contributed by atoms with Crippen LogP contribution in [0.15, 0.2) is 40.4 Å². The minimum atomic E-state index is 0.511. The maximum atomic E-state index is 9.09. The summed E-state index contributed by atoms with van der Waals surface area (Å²) in [5.74, 6) is 0. The number of aromatic nitrogens is 1. The van der Waals surface area contributed by atoms with Crippen LogP contribution in [0.4, 0.5) is 5.69 Å². The average Bonchev–Trinajstić information content (AvgIpc) is 2.36. The van der Waals surface area contributed by atoms with Crippen LogP contribution >= 0.6 is 11.8 Å². The van der Waals surface area contributed by atoms with Gasteiger partial charge in [-0.1, -0.05) is 23.9 Å². The Kier molecular flexibility index (Phi) is 3.54. The smallest absolute Gasteiger partial charge is 0.119 e. The quantitative estimate of drug-likeness (QED) is 0.894. The number of nitrogens with two attached hydrogens (primary N) is 1. The number of anilines is 1. The maximum Gasteiger partial charge on any atom is 0.119 e. The molecule has 0 spiro atoms. The number of nitriles is 1. The molecule has 0 radical (unpaired) electrons. The SMILES string of the molecule is Cc1ccc(C)c(Sc2ncc(N)cc2C#N)c1. The van der Waals surface area contributed by atoms with Gasteiger partial charge in [0.1, 0.15) is 11.1 Å². The summed E-state index contributed by atoms with van der Waals surface area (Å²) < 4.78 is 0. The lowest BCUT2D eigenvalue weighted by Gasteiger charge is -2.07. The first-order valence-electron chi connectivity index (χ1n) is 5.51. The minimum Gasteiger partial charge on any atom is -0.397 e. The zero-order valence-corrected chi connectivity index (χ0v) is 11.1. The van der Waals surface area contributed by atoms with Crippen LogP contribution in [0.2, 0.25) is 0 Å². The van der Waals surface area contributed by atoms with Crippen LogP contribution in [0.25, 0.3) is 0 Å². The predicted molar refractivity (Wildman–Crippen MR) is 73.4 cm³/mol. The van der Waals surface area contributed by atoms with Crippen LogP contribution in [-0.4, -0.2) is 4.98 Å². The van der Waals surface area contributed by atoms with Gasteiger partial charge < -0.3 is 5.73 Å². The maximum absolute atomic E-state index is 9.09. The number of rotatable bonds is 2. The molecule has 2 rings (SSSR count). The molecule has 2 N–H and O–H groups in total. The molecule has 0 fully saturated rings. The third kappa shape index (κ3) is 2.63. The summed E-state index contributed by atoms with van der Waals surface area (Å²) in [5, 5.41) is 9.78. The molecular weight excluding hydrogens is 242 g/mol. The van der Waals surface area contributed by atoms with Crippen LogP contribution < -0.4 is 5.73 Å². The van der Waals surface area contributed by atoms with Crippen molar-refractivity contribution in [2.75, 3.05) is 5.73 Å². The first-order chi connectivity index (χ1) is 8.60. The number of hydrogen-bond acceptors (Lipinski definition) is 4. The fraction of sp³-hybridized carbons (Fsp3) is 0.143. The predicted octanol–water partition coefficient (Wildman–Crippen LogP) is 3.30. The van der Waals surface area contributed by atoms with Crippen LogP contribution in [0.1, 0.15) is 16.7 Å². The first-order valence-corrected chi connectivity index (χ1v) is 6.32. The largest absolute Gasteiger partial charge is 0.397 e. The van der Waals surface area contributed by atoms with Gasteiger partial charge in [0, 0.05) is 4.90 Å². The molecule has 90 valence electrons. The Hall–Kier alpha value is -1.99. The number of aryl methyl sites for hydroxylation is 2. The van der Waals surface area contributed by atoms with Crippen molar-refractivity contribution in [1.29, 1.82) is 5.26 Å². The summed E-state index contributed by atoms with van der Waals surface area (Å²) in [6.07, 6.45) is 1.58. The zero-order valence-electron chi connectivity index (χ0n) is 10.3. The highest BCUT2D eigenvalue weighted by Gasteiger charge is 2.08. The Morgan fingerprint density at radius 1 is 1.28 bits per heavy atom. The van der Waals surface area contributed by atoms with Gasteiger partial charge in [-0.15, -0.1) is 0 Å². The summed E-state index contributed by atoms with van der Waals surface area (Å²) >= 11 is 1.50. The molecule has 1 heterocycles. The van der Waals surface area contributed by atoms with Gasteiger partial charge in [-0.2, -0.15) is 5.26 Å². The molecule has 0 aliphatic carbocycles. The highest BCUT2D eigenvalue weighted by molar-refractivity contribution is 7.99. The van der Waals surface area contributed by atoms with Gasteiger partial charge in [0.25, 0.3) is 0 Å². The van der Waals surface area contributed by atoms with Crippen LogP contribution in [0.3, 0.4) is 0 Å². The van der Waals surface area contributed by atoms with Crippen molar-refractivity contribution >= 4 is 17.4 Å². The second-order valence-electron chi connectivity index (χ2n) is 4.10. The van der Waals surface area contributed by atoms with E-state index < -0.39 is 0 Å². The van der Waals surface area contributed by atoms with Crippen LogP contribution in [0.5, 0.6) is 0 Å². The van der Waals surface area contributed by atoms with Gasteiger partial charge >= 0.3 is 0 Å². The molecule has 0 atom stereocenters. The second kappa shape index (κ2) is 5.11. The molecule has 1 aromatic heterocycles. The van der Waals surface area contributed by atoms with Crippen molar-refractivity contribution < 1.29 is 0 Å². The Balaban J connectivity index is 2.40. The summed E-state index contributed by atoms with van der Waals surface area (Å²) in [5.41, 5.74) is 9.02. The number of nitrogens with zero attached hydrogens (tertiary/aromatic N) is 2. The number of nitrogen functional groups attached to an aromatic ring is 1. The van der Waals surface area contributed by atoms with Crippen molar-refractivity contribution in [3.8, 4) is 6.07 Å². The molecular formula is C14H13N3S. The van der Waals surface area contributed by atoms with Crippen molar-refractivity contribution in [2.24, 2.45) is 0 Å². The van der Waals surface area contributed by atoms with Gasteiger partial charge in [-0.25, -0.2) is 4.98 Å². The second-order valence-corrected chi connectivity index (χ2v) is 5.13. The molecule has 0 bridgehead atoms. The average molecular weight is 255 g/mol. The molecule has 18 heavy (non-hydrogen) atoms. The lowest BCUT2D eigenvalue weighted by atomic mass is 10.2. The summed E-state index contributed by atoms with van der Waals surface area (Å²) in [6, 6.07) is 10.0. The number of pyridine rings is 1. The van der Waals surface area contributed by atoms with E-state index in [0.717, 1.165) is 4.90 Å². The van der Waals surface area contributed by atoms with E-state index in [4.69, 9.17) is 11.0 Å². The van der Waals surface area contributed by atoms with Crippen molar-refractivity contribution in [3.63, 3.8) is 0 Å². The van der Waals surface area contributed by atoms with Gasteiger partial charge in [0.2, 0.25) is 0 Å². The zero-order chi connectivity index (χ0) is 13.1. The van der Waals surface area contributed by atoms with Gasteiger partial charge in [-0.05, 0) is 37.1 Å². The van der Waals surface area contributed by atoms with Gasteiger partial charge in [-0.3, -0.25) is 0 Å². The first kappa shape index (κ1) is 12.5. The molecule has 3 nitrogen and oxygen atoms in total. The number of hydrogen-bond donors (Lipinski definition) is 1. The molecule has 4 heteroatoms. The lowest BCUT2D eigenvalue weighted by molar-refractivity contribution is 1.11. The lowest BCUT2D eigenvalue weighted by Crippen LogP contribution is -1.92. The topological polar surface area (TPSA) is 62.7 Å². The molecule has 0 saturated heterocycles.